The Morgan fingerprint density at radius 1 is 1.05 bits per heavy atom. The number of rotatable bonds is 2. The zero-order valence-electron chi connectivity index (χ0n) is 12.1. The number of fused-ring (bicyclic) bond motifs is 1. The van der Waals surface area contributed by atoms with Crippen molar-refractivity contribution in [2.45, 2.75) is 32.7 Å². The van der Waals surface area contributed by atoms with E-state index in [4.69, 9.17) is 4.74 Å². The van der Waals surface area contributed by atoms with E-state index >= 15 is 0 Å². The minimum atomic E-state index is 0.329. The third kappa shape index (κ3) is 2.64. The van der Waals surface area contributed by atoms with Crippen molar-refractivity contribution in [1.82, 2.24) is 0 Å². The van der Waals surface area contributed by atoms with Crippen molar-refractivity contribution in [2.75, 3.05) is 11.9 Å². The van der Waals surface area contributed by atoms with E-state index in [2.05, 4.69) is 61.6 Å². The van der Waals surface area contributed by atoms with Crippen molar-refractivity contribution in [2.24, 2.45) is 0 Å². The van der Waals surface area contributed by atoms with E-state index in [0.29, 0.717) is 6.04 Å². The zero-order chi connectivity index (χ0) is 13.9. The summed E-state index contributed by atoms with van der Waals surface area (Å²) >= 11 is 0. The van der Waals surface area contributed by atoms with Crippen molar-refractivity contribution < 1.29 is 4.74 Å². The van der Waals surface area contributed by atoms with Crippen molar-refractivity contribution in [3.63, 3.8) is 0 Å². The molecule has 0 radical (unpaired) electrons. The number of ether oxygens (including phenoxy) is 1. The fourth-order valence-electron chi connectivity index (χ4n) is 2.76. The van der Waals surface area contributed by atoms with Crippen molar-refractivity contribution in [3.05, 3.63) is 59.2 Å². The summed E-state index contributed by atoms with van der Waals surface area (Å²) in [7, 11) is 0. The minimum absolute atomic E-state index is 0.329. The molecule has 1 unspecified atom stereocenters. The number of para-hydroxylation sites is 1. The number of hydrogen-bond donors (Lipinski definition) is 1. The van der Waals surface area contributed by atoms with Gasteiger partial charge in [0.05, 0.1) is 12.6 Å². The summed E-state index contributed by atoms with van der Waals surface area (Å²) in [6.07, 6.45) is 2.18. The normalized spacial score (nSPS) is 17.8. The van der Waals surface area contributed by atoms with Gasteiger partial charge in [0, 0.05) is 11.3 Å². The van der Waals surface area contributed by atoms with Gasteiger partial charge in [0.15, 0.2) is 0 Å². The Hall–Kier alpha value is -1.96. The van der Waals surface area contributed by atoms with Crippen LogP contribution < -0.4 is 10.1 Å². The van der Waals surface area contributed by atoms with Gasteiger partial charge in [-0.1, -0.05) is 35.9 Å². The van der Waals surface area contributed by atoms with Gasteiger partial charge in [-0.3, -0.25) is 0 Å². The lowest BCUT2D eigenvalue weighted by Gasteiger charge is -2.20. The molecule has 0 spiro atoms. The molecule has 0 aromatic heterocycles. The minimum Gasteiger partial charge on any atom is -0.493 e. The summed E-state index contributed by atoms with van der Waals surface area (Å²) in [6, 6.07) is 15.3. The number of aryl methyl sites for hydroxylation is 2. The van der Waals surface area contributed by atoms with E-state index < -0.39 is 0 Å². The fourth-order valence-corrected chi connectivity index (χ4v) is 2.76. The van der Waals surface area contributed by atoms with Gasteiger partial charge in [-0.25, -0.2) is 0 Å². The molecule has 1 heterocycles. The molecule has 2 aromatic rings. The molecule has 0 bridgehead atoms. The molecule has 1 N–H and O–H groups in total. The van der Waals surface area contributed by atoms with Crippen LogP contribution in [0.2, 0.25) is 0 Å². The average molecular weight is 267 g/mol. The quantitative estimate of drug-likeness (QED) is 0.856. The van der Waals surface area contributed by atoms with Gasteiger partial charge < -0.3 is 10.1 Å². The van der Waals surface area contributed by atoms with Gasteiger partial charge in [0.2, 0.25) is 0 Å². The third-order valence-corrected chi connectivity index (χ3v) is 3.89. The van der Waals surface area contributed by atoms with Crippen LogP contribution >= 0.6 is 0 Å². The van der Waals surface area contributed by atoms with Crippen LogP contribution in [-0.2, 0) is 0 Å². The SMILES string of the molecule is Cc1ccc(NC2CCCOc3c(C)cccc32)cc1. The first kappa shape index (κ1) is 13.0. The second-order valence-electron chi connectivity index (χ2n) is 5.55. The molecule has 0 saturated carbocycles. The molecule has 0 saturated heterocycles. The largest absolute Gasteiger partial charge is 0.493 e. The van der Waals surface area contributed by atoms with Crippen molar-refractivity contribution in [1.29, 1.82) is 0 Å². The second kappa shape index (κ2) is 5.58. The van der Waals surface area contributed by atoms with Gasteiger partial charge in [-0.15, -0.1) is 0 Å². The highest BCUT2D eigenvalue weighted by atomic mass is 16.5. The lowest BCUT2D eigenvalue weighted by molar-refractivity contribution is 0.314. The monoisotopic (exact) mass is 267 g/mol. The molecule has 1 aliphatic rings. The smallest absolute Gasteiger partial charge is 0.127 e. The molecule has 2 aromatic carbocycles. The Balaban J connectivity index is 1.90. The van der Waals surface area contributed by atoms with E-state index in [-0.39, 0.29) is 0 Å². The van der Waals surface area contributed by atoms with Crippen LogP contribution in [0.5, 0.6) is 5.75 Å². The number of benzene rings is 2. The first-order valence-electron chi connectivity index (χ1n) is 7.29. The van der Waals surface area contributed by atoms with Gasteiger partial charge in [0.1, 0.15) is 5.75 Å². The molecular formula is C18H21NO. The summed E-state index contributed by atoms with van der Waals surface area (Å²) in [5.74, 6) is 1.06. The molecule has 104 valence electrons. The molecule has 3 rings (SSSR count). The molecule has 20 heavy (non-hydrogen) atoms. The molecule has 2 nitrogen and oxygen atoms in total. The highest BCUT2D eigenvalue weighted by Gasteiger charge is 2.20. The van der Waals surface area contributed by atoms with Crippen LogP contribution in [0.25, 0.3) is 0 Å². The maximum Gasteiger partial charge on any atom is 0.127 e. The van der Waals surface area contributed by atoms with Crippen LogP contribution in [0, 0.1) is 13.8 Å². The molecule has 0 amide bonds. The van der Waals surface area contributed by atoms with Crippen LogP contribution in [0.3, 0.4) is 0 Å². The molecule has 2 heteroatoms. The van der Waals surface area contributed by atoms with Crippen LogP contribution in [-0.4, -0.2) is 6.61 Å². The van der Waals surface area contributed by atoms with E-state index in [9.17, 15) is 0 Å². The first-order chi connectivity index (χ1) is 9.74. The Kier molecular flexibility index (Phi) is 3.64. The maximum absolute atomic E-state index is 5.93. The predicted molar refractivity (Wildman–Crippen MR) is 83.5 cm³/mol. The summed E-state index contributed by atoms with van der Waals surface area (Å²) in [4.78, 5) is 0. The van der Waals surface area contributed by atoms with E-state index in [0.717, 1.165) is 25.2 Å². The Labute approximate surface area is 120 Å². The van der Waals surface area contributed by atoms with Gasteiger partial charge >= 0.3 is 0 Å². The van der Waals surface area contributed by atoms with Crippen LogP contribution in [0.4, 0.5) is 5.69 Å². The standard InChI is InChI=1S/C18H21NO/c1-13-8-10-15(11-9-13)19-17-7-4-12-20-18-14(2)5-3-6-16(17)18/h3,5-6,8-11,17,19H,4,7,12H2,1-2H3. The average Bonchev–Trinajstić information content (AvgIpc) is 2.65. The highest BCUT2D eigenvalue weighted by molar-refractivity contribution is 5.50. The van der Waals surface area contributed by atoms with Gasteiger partial charge in [-0.2, -0.15) is 0 Å². The van der Waals surface area contributed by atoms with Crippen LogP contribution in [0.1, 0.15) is 35.6 Å². The van der Waals surface area contributed by atoms with Crippen molar-refractivity contribution >= 4 is 5.69 Å². The zero-order valence-corrected chi connectivity index (χ0v) is 12.1. The van der Waals surface area contributed by atoms with Gasteiger partial charge in [-0.05, 0) is 44.4 Å². The predicted octanol–water partition coefficient (Wildman–Crippen LogP) is 4.63. The maximum atomic E-state index is 5.93. The molecular weight excluding hydrogens is 246 g/mol. The van der Waals surface area contributed by atoms with E-state index in [1.54, 1.807) is 0 Å². The van der Waals surface area contributed by atoms with E-state index in [1.165, 1.54) is 22.4 Å². The molecule has 0 aliphatic carbocycles. The second-order valence-corrected chi connectivity index (χ2v) is 5.55. The summed E-state index contributed by atoms with van der Waals surface area (Å²) < 4.78 is 5.93. The summed E-state index contributed by atoms with van der Waals surface area (Å²) in [6.45, 7) is 5.04. The number of nitrogens with one attached hydrogen (secondary N) is 1. The van der Waals surface area contributed by atoms with E-state index in [1.807, 2.05) is 0 Å². The lowest BCUT2D eigenvalue weighted by Crippen LogP contribution is -2.10. The topological polar surface area (TPSA) is 21.3 Å². The number of anilines is 1. The molecule has 1 aliphatic heterocycles. The van der Waals surface area contributed by atoms with Gasteiger partial charge in [0.25, 0.3) is 0 Å². The number of hydrogen-bond acceptors (Lipinski definition) is 2. The lowest BCUT2D eigenvalue weighted by atomic mass is 9.99. The Morgan fingerprint density at radius 3 is 2.65 bits per heavy atom. The Morgan fingerprint density at radius 2 is 1.85 bits per heavy atom. The fraction of sp³-hybridized carbons (Fsp3) is 0.333. The highest BCUT2D eigenvalue weighted by Crippen LogP contribution is 2.35. The molecule has 0 fully saturated rings. The van der Waals surface area contributed by atoms with Crippen molar-refractivity contribution in [3.8, 4) is 5.75 Å². The third-order valence-electron chi connectivity index (χ3n) is 3.89. The van der Waals surface area contributed by atoms with Crippen LogP contribution in [0.15, 0.2) is 42.5 Å². The Bertz CT molecular complexity index is 589. The summed E-state index contributed by atoms with van der Waals surface area (Å²) in [5, 5.41) is 3.65. The summed E-state index contributed by atoms with van der Waals surface area (Å²) in [5.41, 5.74) is 4.97. The molecule has 1 atom stereocenters. The first-order valence-corrected chi connectivity index (χ1v) is 7.29.